The highest BCUT2D eigenvalue weighted by Crippen LogP contribution is 2.14. The van der Waals surface area contributed by atoms with Crippen LogP contribution in [0.25, 0.3) is 0 Å². The van der Waals surface area contributed by atoms with Gasteiger partial charge in [-0.2, -0.15) is 0 Å². The first-order valence-electron chi connectivity index (χ1n) is 9.89. The van der Waals surface area contributed by atoms with Gasteiger partial charge in [-0.15, -0.1) is 0 Å². The summed E-state index contributed by atoms with van der Waals surface area (Å²) in [5, 5.41) is 10.7. The topological polar surface area (TPSA) is 109 Å². The van der Waals surface area contributed by atoms with Crippen molar-refractivity contribution in [1.82, 2.24) is 10.6 Å². The Hall–Kier alpha value is -3.46. The zero-order chi connectivity index (χ0) is 22.6. The molecule has 166 valence electrons. The third-order valence-electron chi connectivity index (χ3n) is 4.28. The molecule has 1 unspecified atom stereocenters. The summed E-state index contributed by atoms with van der Waals surface area (Å²) in [6, 6.07) is 11.2. The van der Waals surface area contributed by atoms with Crippen LogP contribution in [0.5, 0.6) is 0 Å². The van der Waals surface area contributed by atoms with Gasteiger partial charge in [-0.25, -0.2) is 9.18 Å². The molecule has 2 aromatic carbocycles. The van der Waals surface area contributed by atoms with E-state index < -0.39 is 12.1 Å². The van der Waals surface area contributed by atoms with E-state index in [0.717, 1.165) is 5.56 Å². The van der Waals surface area contributed by atoms with E-state index in [4.69, 9.17) is 4.74 Å². The van der Waals surface area contributed by atoms with Gasteiger partial charge < -0.3 is 26.0 Å². The van der Waals surface area contributed by atoms with Gasteiger partial charge in [0.2, 0.25) is 11.8 Å². The summed E-state index contributed by atoms with van der Waals surface area (Å²) in [7, 11) is 1.43. The average Bonchev–Trinajstić information content (AvgIpc) is 2.74. The van der Waals surface area contributed by atoms with Crippen LogP contribution in [0.1, 0.15) is 25.3 Å². The van der Waals surface area contributed by atoms with Crippen LogP contribution < -0.4 is 21.3 Å². The molecular formula is C22H27FN4O4. The van der Waals surface area contributed by atoms with Crippen LogP contribution in [0.2, 0.25) is 0 Å². The van der Waals surface area contributed by atoms with Gasteiger partial charge in [0, 0.05) is 25.0 Å². The van der Waals surface area contributed by atoms with Crippen molar-refractivity contribution in [3.8, 4) is 0 Å². The predicted octanol–water partition coefficient (Wildman–Crippen LogP) is 3.02. The third kappa shape index (κ3) is 8.43. The molecule has 1 atom stereocenters. The van der Waals surface area contributed by atoms with E-state index in [1.807, 2.05) is 6.92 Å². The molecule has 0 bridgehead atoms. The van der Waals surface area contributed by atoms with Gasteiger partial charge in [0.1, 0.15) is 18.5 Å². The van der Waals surface area contributed by atoms with Crippen molar-refractivity contribution in [1.29, 1.82) is 0 Å². The van der Waals surface area contributed by atoms with E-state index >= 15 is 0 Å². The monoisotopic (exact) mass is 430 g/mol. The minimum atomic E-state index is -0.723. The molecule has 0 aromatic heterocycles. The highest BCUT2D eigenvalue weighted by molar-refractivity contribution is 5.97. The molecule has 0 aliphatic rings. The number of ether oxygens (including phenoxy) is 1. The molecular weight excluding hydrogens is 403 g/mol. The van der Waals surface area contributed by atoms with Crippen molar-refractivity contribution in [3.05, 3.63) is 59.9 Å². The van der Waals surface area contributed by atoms with E-state index in [1.165, 1.54) is 19.2 Å². The second-order valence-electron chi connectivity index (χ2n) is 6.84. The van der Waals surface area contributed by atoms with Crippen molar-refractivity contribution in [2.24, 2.45) is 0 Å². The van der Waals surface area contributed by atoms with Crippen LogP contribution in [-0.2, 0) is 20.9 Å². The number of urea groups is 1. The summed E-state index contributed by atoms with van der Waals surface area (Å²) in [5.74, 6) is -0.980. The molecule has 4 amide bonds. The molecule has 8 nitrogen and oxygen atoms in total. The largest absolute Gasteiger partial charge is 0.375 e. The van der Waals surface area contributed by atoms with Crippen LogP contribution in [0.4, 0.5) is 20.6 Å². The first kappa shape index (κ1) is 23.8. The van der Waals surface area contributed by atoms with Crippen LogP contribution in [-0.4, -0.2) is 37.6 Å². The van der Waals surface area contributed by atoms with E-state index in [9.17, 15) is 18.8 Å². The maximum atomic E-state index is 13.0. The zero-order valence-corrected chi connectivity index (χ0v) is 17.5. The zero-order valence-electron chi connectivity index (χ0n) is 17.5. The van der Waals surface area contributed by atoms with Gasteiger partial charge in [-0.05, 0) is 48.4 Å². The lowest BCUT2D eigenvalue weighted by atomic mass is 10.1. The minimum Gasteiger partial charge on any atom is -0.375 e. The number of amides is 4. The normalized spacial score (nSPS) is 11.3. The molecule has 4 N–H and O–H groups in total. The standard InChI is InChI=1S/C22H27FN4O4/c1-3-4-19(27-22(30)24-13-15-5-7-16(23)8-6-15)21(29)26-18-11-9-17(10-12-18)25-20(28)14-31-2/h5-12,19H,3-4,13-14H2,1-2H3,(H,25,28)(H,26,29)(H2,24,27,30). The molecule has 0 spiro atoms. The number of carbonyl (C=O) groups is 3. The molecule has 0 saturated carbocycles. The highest BCUT2D eigenvalue weighted by atomic mass is 19.1. The number of benzene rings is 2. The first-order valence-corrected chi connectivity index (χ1v) is 9.89. The Kier molecular flexibility index (Phi) is 9.44. The fourth-order valence-corrected chi connectivity index (χ4v) is 2.75. The van der Waals surface area contributed by atoms with Gasteiger partial charge >= 0.3 is 6.03 Å². The van der Waals surface area contributed by atoms with E-state index in [1.54, 1.807) is 36.4 Å². The van der Waals surface area contributed by atoms with Crippen LogP contribution in [0, 0.1) is 5.82 Å². The number of carbonyl (C=O) groups excluding carboxylic acids is 3. The van der Waals surface area contributed by atoms with Crippen molar-refractivity contribution >= 4 is 29.2 Å². The molecule has 0 fully saturated rings. The van der Waals surface area contributed by atoms with E-state index in [-0.39, 0.29) is 30.8 Å². The molecule has 0 aliphatic heterocycles. The van der Waals surface area contributed by atoms with E-state index in [2.05, 4.69) is 21.3 Å². The minimum absolute atomic E-state index is 0.0495. The molecule has 0 aliphatic carbocycles. The third-order valence-corrected chi connectivity index (χ3v) is 4.28. The number of halogens is 1. The lowest BCUT2D eigenvalue weighted by Gasteiger charge is -2.18. The number of hydrogen-bond acceptors (Lipinski definition) is 4. The fourth-order valence-electron chi connectivity index (χ4n) is 2.75. The quantitative estimate of drug-likeness (QED) is 0.465. The first-order chi connectivity index (χ1) is 14.9. The summed E-state index contributed by atoms with van der Waals surface area (Å²) < 4.78 is 17.7. The number of rotatable bonds is 10. The summed E-state index contributed by atoms with van der Waals surface area (Å²) >= 11 is 0. The Morgan fingerprint density at radius 3 is 2.16 bits per heavy atom. The average molecular weight is 430 g/mol. The second-order valence-corrected chi connectivity index (χ2v) is 6.84. The summed E-state index contributed by atoms with van der Waals surface area (Å²) in [5.41, 5.74) is 1.85. The van der Waals surface area contributed by atoms with Crippen LogP contribution >= 0.6 is 0 Å². The van der Waals surface area contributed by atoms with Gasteiger partial charge in [0.15, 0.2) is 0 Å². The van der Waals surface area contributed by atoms with Gasteiger partial charge in [-0.3, -0.25) is 9.59 Å². The molecule has 0 radical (unpaired) electrons. The maximum absolute atomic E-state index is 13.0. The lowest BCUT2D eigenvalue weighted by Crippen LogP contribution is -2.47. The highest BCUT2D eigenvalue weighted by Gasteiger charge is 2.20. The number of anilines is 2. The van der Waals surface area contributed by atoms with Crippen LogP contribution in [0.15, 0.2) is 48.5 Å². The maximum Gasteiger partial charge on any atom is 0.315 e. The van der Waals surface area contributed by atoms with Crippen molar-refractivity contribution in [2.45, 2.75) is 32.4 Å². The molecule has 0 heterocycles. The molecule has 0 saturated heterocycles. The lowest BCUT2D eigenvalue weighted by molar-refractivity contribution is -0.120. The smallest absolute Gasteiger partial charge is 0.315 e. The molecule has 2 rings (SSSR count). The Labute approximate surface area is 180 Å². The SMILES string of the molecule is CCCC(NC(=O)NCc1ccc(F)cc1)C(=O)Nc1ccc(NC(=O)COC)cc1. The summed E-state index contributed by atoms with van der Waals surface area (Å²) in [6.45, 7) is 2.07. The fraction of sp³-hybridized carbons (Fsp3) is 0.318. The van der Waals surface area contributed by atoms with Crippen LogP contribution in [0.3, 0.4) is 0 Å². The van der Waals surface area contributed by atoms with Gasteiger partial charge in [0.05, 0.1) is 0 Å². The number of nitrogens with one attached hydrogen (secondary N) is 4. The van der Waals surface area contributed by atoms with Crippen molar-refractivity contribution < 1.29 is 23.5 Å². The molecule has 31 heavy (non-hydrogen) atoms. The Bertz CT molecular complexity index is 872. The Morgan fingerprint density at radius 1 is 0.968 bits per heavy atom. The number of hydrogen-bond donors (Lipinski definition) is 4. The summed E-state index contributed by atoms with van der Waals surface area (Å²) in [6.07, 6.45) is 1.15. The van der Waals surface area contributed by atoms with Crippen molar-refractivity contribution in [2.75, 3.05) is 24.4 Å². The van der Waals surface area contributed by atoms with Crippen molar-refractivity contribution in [3.63, 3.8) is 0 Å². The second kappa shape index (κ2) is 12.3. The Balaban J connectivity index is 1.88. The number of methoxy groups -OCH3 is 1. The van der Waals surface area contributed by atoms with Gasteiger partial charge in [0.25, 0.3) is 0 Å². The Morgan fingerprint density at radius 2 is 1.58 bits per heavy atom. The summed E-state index contributed by atoms with van der Waals surface area (Å²) in [4.78, 5) is 36.3. The molecule has 2 aromatic rings. The predicted molar refractivity (Wildman–Crippen MR) is 116 cm³/mol. The van der Waals surface area contributed by atoms with E-state index in [0.29, 0.717) is 24.2 Å². The molecule has 9 heteroatoms. The van der Waals surface area contributed by atoms with Gasteiger partial charge in [-0.1, -0.05) is 25.5 Å².